The molecular formula is C22H27FN4O2. The highest BCUT2D eigenvalue weighted by Crippen LogP contribution is 2.23. The van der Waals surface area contributed by atoms with Gasteiger partial charge in [0.2, 0.25) is 5.91 Å². The number of ether oxygens (including phenoxy) is 1. The molecular weight excluding hydrogens is 371 g/mol. The Morgan fingerprint density at radius 3 is 3.14 bits per heavy atom. The predicted molar refractivity (Wildman–Crippen MR) is 107 cm³/mol. The number of halogens is 1. The van der Waals surface area contributed by atoms with Gasteiger partial charge in [-0.05, 0) is 37.9 Å². The van der Waals surface area contributed by atoms with Gasteiger partial charge in [-0.25, -0.2) is 14.4 Å². The molecule has 0 aliphatic carbocycles. The van der Waals surface area contributed by atoms with E-state index >= 15 is 0 Å². The van der Waals surface area contributed by atoms with E-state index in [0.29, 0.717) is 44.2 Å². The number of carbonyl (C=O) groups is 1. The molecule has 1 aromatic carbocycles. The van der Waals surface area contributed by atoms with Gasteiger partial charge in [0.05, 0.1) is 12.3 Å². The van der Waals surface area contributed by atoms with E-state index in [9.17, 15) is 9.18 Å². The third-order valence-electron chi connectivity index (χ3n) is 5.57. The largest absolute Gasteiger partial charge is 0.493 e. The SMILES string of the molecule is O=C(CCCOc1cccc(F)c1)N1CCc2nc([C@H]3CCCNC3)ncc2C1. The lowest BCUT2D eigenvalue weighted by Gasteiger charge is -2.29. The number of amides is 1. The Labute approximate surface area is 170 Å². The number of aromatic nitrogens is 2. The van der Waals surface area contributed by atoms with Crippen molar-refractivity contribution in [2.24, 2.45) is 0 Å². The van der Waals surface area contributed by atoms with Crippen molar-refractivity contribution in [1.29, 1.82) is 0 Å². The molecule has 1 saturated heterocycles. The van der Waals surface area contributed by atoms with Crippen LogP contribution in [0.15, 0.2) is 30.5 Å². The fourth-order valence-electron chi connectivity index (χ4n) is 3.94. The van der Waals surface area contributed by atoms with Gasteiger partial charge in [-0.2, -0.15) is 0 Å². The number of nitrogens with zero attached hydrogens (tertiary/aromatic N) is 3. The summed E-state index contributed by atoms with van der Waals surface area (Å²) in [5.41, 5.74) is 2.13. The van der Waals surface area contributed by atoms with Crippen molar-refractivity contribution in [3.63, 3.8) is 0 Å². The van der Waals surface area contributed by atoms with Crippen molar-refractivity contribution >= 4 is 5.91 Å². The standard InChI is InChI=1S/C22H27FN4O2/c23-18-5-1-6-19(12-18)29-11-3-7-21(28)27-10-8-20-17(15-27)14-25-22(26-20)16-4-2-9-24-13-16/h1,5-6,12,14,16,24H,2-4,7-11,13,15H2/t16-/m0/s1. The number of fused-ring (bicyclic) bond motifs is 1. The van der Waals surface area contributed by atoms with Gasteiger partial charge in [0.15, 0.2) is 0 Å². The predicted octanol–water partition coefficient (Wildman–Crippen LogP) is 2.83. The van der Waals surface area contributed by atoms with Crippen LogP contribution in [0.2, 0.25) is 0 Å². The molecule has 6 nitrogen and oxygen atoms in total. The Kier molecular flexibility index (Phi) is 6.34. The summed E-state index contributed by atoms with van der Waals surface area (Å²) in [6, 6.07) is 6.05. The maximum atomic E-state index is 13.1. The van der Waals surface area contributed by atoms with Gasteiger partial charge in [0.25, 0.3) is 0 Å². The Morgan fingerprint density at radius 2 is 2.31 bits per heavy atom. The molecule has 154 valence electrons. The van der Waals surface area contributed by atoms with Crippen LogP contribution in [0.3, 0.4) is 0 Å². The lowest BCUT2D eigenvalue weighted by molar-refractivity contribution is -0.132. The first-order valence-corrected chi connectivity index (χ1v) is 10.4. The van der Waals surface area contributed by atoms with Gasteiger partial charge in [-0.1, -0.05) is 6.07 Å². The smallest absolute Gasteiger partial charge is 0.223 e. The molecule has 2 aromatic rings. The second-order valence-corrected chi connectivity index (χ2v) is 7.72. The monoisotopic (exact) mass is 398 g/mol. The Bertz CT molecular complexity index is 854. The summed E-state index contributed by atoms with van der Waals surface area (Å²) >= 11 is 0. The van der Waals surface area contributed by atoms with Crippen LogP contribution in [-0.2, 0) is 17.8 Å². The van der Waals surface area contributed by atoms with Crippen LogP contribution in [0.5, 0.6) is 5.75 Å². The van der Waals surface area contributed by atoms with E-state index < -0.39 is 0 Å². The van der Waals surface area contributed by atoms with Crippen molar-refractivity contribution in [1.82, 2.24) is 20.2 Å². The van der Waals surface area contributed by atoms with E-state index in [1.54, 1.807) is 12.1 Å². The normalized spacial score (nSPS) is 18.9. The second kappa shape index (κ2) is 9.31. The fraction of sp³-hybridized carbons (Fsp3) is 0.500. The van der Waals surface area contributed by atoms with E-state index in [4.69, 9.17) is 9.72 Å². The average Bonchev–Trinajstić information content (AvgIpc) is 2.76. The summed E-state index contributed by atoms with van der Waals surface area (Å²) in [6.07, 6.45) is 5.99. The van der Waals surface area contributed by atoms with E-state index in [2.05, 4.69) is 10.3 Å². The Hall–Kier alpha value is -2.54. The van der Waals surface area contributed by atoms with Crippen LogP contribution < -0.4 is 10.1 Å². The third kappa shape index (κ3) is 5.09. The topological polar surface area (TPSA) is 67.3 Å². The molecule has 0 saturated carbocycles. The number of hydrogen-bond acceptors (Lipinski definition) is 5. The number of nitrogens with one attached hydrogen (secondary N) is 1. The highest BCUT2D eigenvalue weighted by molar-refractivity contribution is 5.76. The summed E-state index contributed by atoms with van der Waals surface area (Å²) in [7, 11) is 0. The lowest BCUT2D eigenvalue weighted by Crippen LogP contribution is -2.37. The first kappa shape index (κ1) is 19.8. The molecule has 7 heteroatoms. The molecule has 4 rings (SSSR count). The van der Waals surface area contributed by atoms with Crippen LogP contribution in [0, 0.1) is 5.82 Å². The van der Waals surface area contributed by atoms with Crippen LogP contribution in [0.25, 0.3) is 0 Å². The molecule has 1 amide bonds. The minimum absolute atomic E-state index is 0.110. The summed E-state index contributed by atoms with van der Waals surface area (Å²) in [6.45, 7) is 3.67. The van der Waals surface area contributed by atoms with E-state index in [-0.39, 0.29) is 11.7 Å². The van der Waals surface area contributed by atoms with E-state index in [1.165, 1.54) is 12.1 Å². The molecule has 29 heavy (non-hydrogen) atoms. The van der Waals surface area contributed by atoms with Gasteiger partial charge in [0.1, 0.15) is 17.4 Å². The van der Waals surface area contributed by atoms with Crippen LogP contribution in [0.1, 0.15) is 48.7 Å². The van der Waals surface area contributed by atoms with Crippen molar-refractivity contribution in [2.45, 2.75) is 44.6 Å². The van der Waals surface area contributed by atoms with Gasteiger partial charge in [-0.15, -0.1) is 0 Å². The van der Waals surface area contributed by atoms with Crippen molar-refractivity contribution in [3.05, 3.63) is 53.4 Å². The molecule has 1 atom stereocenters. The Balaban J connectivity index is 1.26. The summed E-state index contributed by atoms with van der Waals surface area (Å²) in [4.78, 5) is 23.8. The maximum Gasteiger partial charge on any atom is 0.223 e. The molecule has 1 fully saturated rings. The molecule has 0 unspecified atom stereocenters. The fourth-order valence-corrected chi connectivity index (χ4v) is 3.94. The van der Waals surface area contributed by atoms with Crippen molar-refractivity contribution in [3.8, 4) is 5.75 Å². The molecule has 0 bridgehead atoms. The highest BCUT2D eigenvalue weighted by Gasteiger charge is 2.24. The summed E-state index contributed by atoms with van der Waals surface area (Å²) < 4.78 is 18.7. The van der Waals surface area contributed by atoms with E-state index in [0.717, 1.165) is 49.4 Å². The van der Waals surface area contributed by atoms with Crippen molar-refractivity contribution < 1.29 is 13.9 Å². The third-order valence-corrected chi connectivity index (χ3v) is 5.57. The Morgan fingerprint density at radius 1 is 1.38 bits per heavy atom. The van der Waals surface area contributed by atoms with E-state index in [1.807, 2.05) is 11.1 Å². The van der Waals surface area contributed by atoms with Crippen molar-refractivity contribution in [2.75, 3.05) is 26.2 Å². The maximum absolute atomic E-state index is 13.1. The number of benzene rings is 1. The first-order valence-electron chi connectivity index (χ1n) is 10.4. The van der Waals surface area contributed by atoms with Crippen LogP contribution in [-0.4, -0.2) is 47.0 Å². The number of piperidine rings is 1. The number of carbonyl (C=O) groups excluding carboxylic acids is 1. The first-order chi connectivity index (χ1) is 14.2. The molecule has 0 spiro atoms. The lowest BCUT2D eigenvalue weighted by atomic mass is 9.98. The molecule has 2 aliphatic rings. The number of hydrogen-bond donors (Lipinski definition) is 1. The molecule has 2 aliphatic heterocycles. The van der Waals surface area contributed by atoms with Gasteiger partial charge >= 0.3 is 0 Å². The average molecular weight is 398 g/mol. The zero-order valence-corrected chi connectivity index (χ0v) is 16.6. The quantitative estimate of drug-likeness (QED) is 0.758. The van der Waals surface area contributed by atoms with Gasteiger partial charge in [-0.3, -0.25) is 4.79 Å². The summed E-state index contributed by atoms with van der Waals surface area (Å²) in [5.74, 6) is 1.61. The van der Waals surface area contributed by atoms with Crippen LogP contribution in [0.4, 0.5) is 4.39 Å². The van der Waals surface area contributed by atoms with Gasteiger partial charge < -0.3 is 15.0 Å². The molecule has 3 heterocycles. The number of rotatable bonds is 6. The zero-order chi connectivity index (χ0) is 20.1. The molecule has 1 aromatic heterocycles. The minimum atomic E-state index is -0.323. The minimum Gasteiger partial charge on any atom is -0.493 e. The van der Waals surface area contributed by atoms with Crippen LogP contribution >= 0.6 is 0 Å². The summed E-state index contributed by atoms with van der Waals surface area (Å²) in [5, 5.41) is 3.41. The molecule has 0 radical (unpaired) electrons. The zero-order valence-electron chi connectivity index (χ0n) is 16.6. The second-order valence-electron chi connectivity index (χ2n) is 7.72. The molecule has 1 N–H and O–H groups in total. The highest BCUT2D eigenvalue weighted by atomic mass is 19.1. The van der Waals surface area contributed by atoms with Gasteiger partial charge in [0, 0.05) is 56.2 Å².